The van der Waals surface area contributed by atoms with Crippen LogP contribution in [0.25, 0.3) is 0 Å². The minimum Gasteiger partial charge on any atom is -0.437 e. The van der Waals surface area contributed by atoms with E-state index in [1.165, 1.54) is 26.0 Å². The molecule has 0 saturated carbocycles. The summed E-state index contributed by atoms with van der Waals surface area (Å²) in [6.07, 6.45) is -5.84. The van der Waals surface area contributed by atoms with Crippen molar-refractivity contribution in [2.45, 2.75) is 80.5 Å². The van der Waals surface area contributed by atoms with Gasteiger partial charge in [0.1, 0.15) is 24.3 Å². The zero-order chi connectivity index (χ0) is 51.8. The summed E-state index contributed by atoms with van der Waals surface area (Å²) in [4.78, 5) is 70.4. The van der Waals surface area contributed by atoms with Crippen LogP contribution in [-0.2, 0) is 51.1 Å². The molecular formula is C60H56N4O10. The fourth-order valence-electron chi connectivity index (χ4n) is 9.95. The highest BCUT2D eigenvalue weighted by molar-refractivity contribution is 6.03. The van der Waals surface area contributed by atoms with Gasteiger partial charge >= 0.3 is 11.9 Å². The summed E-state index contributed by atoms with van der Waals surface area (Å²) in [5, 5.41) is 34.6. The lowest BCUT2D eigenvalue weighted by atomic mass is 9.75. The molecule has 8 atom stereocenters. The van der Waals surface area contributed by atoms with Crippen molar-refractivity contribution < 1.29 is 48.4 Å². The maximum Gasteiger partial charge on any atom is 0.328 e. The third-order valence-electron chi connectivity index (χ3n) is 13.6. The molecule has 2 heterocycles. The van der Waals surface area contributed by atoms with Crippen LogP contribution >= 0.6 is 0 Å². The lowest BCUT2D eigenvalue weighted by Gasteiger charge is -2.41. The van der Waals surface area contributed by atoms with E-state index in [4.69, 9.17) is 14.2 Å². The number of cyclic esters (lactones) is 2. The number of rotatable bonds is 21. The summed E-state index contributed by atoms with van der Waals surface area (Å²) >= 11 is 0. The summed E-state index contributed by atoms with van der Waals surface area (Å²) in [6.45, 7) is 2.48. The number of aliphatic hydroxyl groups is 2. The molecule has 376 valence electrons. The molecule has 2 saturated heterocycles. The third kappa shape index (κ3) is 10.4. The number of carbonyl (C=O) groups excluding carboxylic acids is 5. The lowest BCUT2D eigenvalue weighted by molar-refractivity contribution is -0.168. The van der Waals surface area contributed by atoms with Gasteiger partial charge in [0.15, 0.2) is 11.6 Å². The van der Waals surface area contributed by atoms with Crippen LogP contribution in [0.15, 0.2) is 206 Å². The molecule has 0 radical (unpaired) electrons. The first-order chi connectivity index (χ1) is 35.9. The number of Topliss-reactive ketones (excluding diaryl/α,β-unsaturated/α-hetero) is 3. The van der Waals surface area contributed by atoms with Crippen LogP contribution in [0.4, 0.5) is 0 Å². The van der Waals surface area contributed by atoms with Crippen molar-refractivity contribution >= 4 is 29.3 Å². The number of carbonyl (C=O) groups is 5. The van der Waals surface area contributed by atoms with Gasteiger partial charge in [-0.3, -0.25) is 39.9 Å². The Morgan fingerprint density at radius 3 is 1.23 bits per heavy atom. The molecule has 6 N–H and O–H groups in total. The number of ketones is 3. The van der Waals surface area contributed by atoms with Crippen molar-refractivity contribution in [1.82, 2.24) is 21.3 Å². The van der Waals surface area contributed by atoms with Crippen LogP contribution in [0.2, 0.25) is 0 Å². The Balaban J connectivity index is 0.938. The van der Waals surface area contributed by atoms with Crippen molar-refractivity contribution in [2.75, 3.05) is 0 Å². The second-order valence-electron chi connectivity index (χ2n) is 18.3. The van der Waals surface area contributed by atoms with Crippen LogP contribution in [0.3, 0.4) is 0 Å². The highest BCUT2D eigenvalue weighted by atomic mass is 16.7. The van der Waals surface area contributed by atoms with E-state index in [2.05, 4.69) is 21.3 Å². The van der Waals surface area contributed by atoms with Crippen molar-refractivity contribution in [3.63, 3.8) is 0 Å². The van der Waals surface area contributed by atoms with Crippen LogP contribution in [0.5, 0.6) is 0 Å². The Morgan fingerprint density at radius 1 is 0.514 bits per heavy atom. The third-order valence-corrected chi connectivity index (χ3v) is 13.6. The van der Waals surface area contributed by atoms with E-state index >= 15 is 0 Å². The Labute approximate surface area is 428 Å². The van der Waals surface area contributed by atoms with Gasteiger partial charge in [-0.15, -0.1) is 0 Å². The smallest absolute Gasteiger partial charge is 0.328 e. The zero-order valence-electron chi connectivity index (χ0n) is 40.6. The molecule has 74 heavy (non-hydrogen) atoms. The lowest BCUT2D eigenvalue weighted by Crippen LogP contribution is -2.62. The molecule has 2 fully saturated rings. The van der Waals surface area contributed by atoms with Gasteiger partial charge in [-0.2, -0.15) is 0 Å². The molecule has 14 nitrogen and oxygen atoms in total. The van der Waals surface area contributed by atoms with Gasteiger partial charge < -0.3 is 24.4 Å². The maximum absolute atomic E-state index is 14.3. The second kappa shape index (κ2) is 22.5. The van der Waals surface area contributed by atoms with E-state index in [9.17, 15) is 34.2 Å². The first kappa shape index (κ1) is 51.1. The number of benzene rings is 7. The number of ether oxygens (including phenoxy) is 3. The van der Waals surface area contributed by atoms with E-state index in [-0.39, 0.29) is 12.2 Å². The number of hydrogen-bond donors (Lipinski definition) is 6. The van der Waals surface area contributed by atoms with E-state index in [0.717, 1.165) is 33.4 Å². The van der Waals surface area contributed by atoms with E-state index in [1.54, 1.807) is 12.1 Å². The monoisotopic (exact) mass is 992 g/mol. The Kier molecular flexibility index (Phi) is 15.6. The SMILES string of the molecule is C[C@H](O)C(=O)[C@@H](NC(c1ccccc1)(c1ccccc1)c1ccccc1)[C@@H]1N[C@@H](OCc2cccc(C(=O)[C@H]3N[C@@H]([C@H](NC(c4ccccc4)(c4ccccc4)c4ccccc4)C(=O)[C@H](C)O)C(=O)O3)c2)OC1=O. The molecule has 0 bridgehead atoms. The molecule has 2 aliphatic heterocycles. The largest absolute Gasteiger partial charge is 0.437 e. The van der Waals surface area contributed by atoms with Gasteiger partial charge in [0.2, 0.25) is 12.0 Å². The predicted molar refractivity (Wildman–Crippen MR) is 275 cm³/mol. The minimum atomic E-state index is -1.52. The Hall–Kier alpha value is -7.79. The average molecular weight is 993 g/mol. The van der Waals surface area contributed by atoms with Crippen molar-refractivity contribution in [3.8, 4) is 0 Å². The molecule has 0 unspecified atom stereocenters. The van der Waals surface area contributed by atoms with Gasteiger partial charge in [0, 0.05) is 5.56 Å². The first-order valence-corrected chi connectivity index (χ1v) is 24.4. The summed E-state index contributed by atoms with van der Waals surface area (Å²) in [5.41, 5.74) is 2.74. The molecule has 0 aromatic heterocycles. The molecular weight excluding hydrogens is 937 g/mol. The molecule has 7 aromatic carbocycles. The summed E-state index contributed by atoms with van der Waals surface area (Å²) in [7, 11) is 0. The van der Waals surface area contributed by atoms with Gasteiger partial charge in [-0.25, -0.2) is 5.32 Å². The fraction of sp³-hybridized carbons (Fsp3) is 0.217. The van der Waals surface area contributed by atoms with Gasteiger partial charge in [0.25, 0.3) is 6.41 Å². The molecule has 0 amide bonds. The summed E-state index contributed by atoms with van der Waals surface area (Å²) in [5.74, 6) is -3.67. The number of hydrogen-bond acceptors (Lipinski definition) is 14. The summed E-state index contributed by atoms with van der Waals surface area (Å²) in [6, 6.07) is 57.7. The Bertz CT molecular complexity index is 2860. The fourth-order valence-corrected chi connectivity index (χ4v) is 9.95. The summed E-state index contributed by atoms with van der Waals surface area (Å²) < 4.78 is 17.4. The van der Waals surface area contributed by atoms with E-state index in [0.29, 0.717) is 5.56 Å². The number of esters is 2. The van der Waals surface area contributed by atoms with Crippen molar-refractivity contribution in [3.05, 3.63) is 251 Å². The molecule has 9 rings (SSSR count). The van der Waals surface area contributed by atoms with Crippen molar-refractivity contribution in [2.24, 2.45) is 0 Å². The first-order valence-electron chi connectivity index (χ1n) is 24.4. The molecule has 0 aliphatic carbocycles. The molecule has 14 heteroatoms. The number of aliphatic hydroxyl groups excluding tert-OH is 2. The predicted octanol–water partition coefficient (Wildman–Crippen LogP) is 5.83. The maximum atomic E-state index is 14.3. The van der Waals surface area contributed by atoms with E-state index < -0.39 is 89.4 Å². The highest BCUT2D eigenvalue weighted by Crippen LogP contribution is 2.40. The van der Waals surface area contributed by atoms with Crippen LogP contribution in [0, 0.1) is 0 Å². The zero-order valence-corrected chi connectivity index (χ0v) is 40.6. The standard InChI is InChI=1S/C60H56N4O10/c1-38(65)52(67)48(63-59(42-24-9-3-10-25-42,43-26-11-4-12-27-43)44-28-13-5-14-29-44)50-56(70)73-55(61-50)54(69)41-23-21-22-40(36-41)37-72-58-62-51(57(71)74-58)49(53(68)39(2)66)64-60(45-30-15-6-16-31-45,46-32-17-7-18-33-46)47-34-19-8-20-35-47/h3-36,38-39,48-51,55,58,61-66H,37H2,1-2H3/t38-,39-,48-,49-,50-,51-,55-,58-/m0/s1. The normalized spacial score (nSPS) is 19.4. The van der Waals surface area contributed by atoms with Crippen molar-refractivity contribution in [1.29, 1.82) is 0 Å². The van der Waals surface area contributed by atoms with E-state index in [1.807, 2.05) is 182 Å². The van der Waals surface area contributed by atoms with Gasteiger partial charge in [-0.05, 0) is 58.9 Å². The molecule has 7 aromatic rings. The molecule has 0 spiro atoms. The topological polar surface area (TPSA) is 202 Å². The quantitative estimate of drug-likeness (QED) is 0.0286. The molecule has 2 aliphatic rings. The minimum absolute atomic E-state index is 0.135. The average Bonchev–Trinajstić information content (AvgIpc) is 4.03. The van der Waals surface area contributed by atoms with Gasteiger partial charge in [0.05, 0.1) is 29.8 Å². The van der Waals surface area contributed by atoms with Gasteiger partial charge in [-0.1, -0.05) is 200 Å². The van der Waals surface area contributed by atoms with Crippen LogP contribution in [0.1, 0.15) is 63.1 Å². The number of nitrogens with one attached hydrogen (secondary N) is 4. The van der Waals surface area contributed by atoms with Crippen LogP contribution in [-0.4, -0.2) is 88.5 Å². The van der Waals surface area contributed by atoms with Crippen LogP contribution < -0.4 is 21.3 Å². The highest BCUT2D eigenvalue weighted by Gasteiger charge is 2.51. The second-order valence-corrected chi connectivity index (χ2v) is 18.3. The Morgan fingerprint density at radius 2 is 0.865 bits per heavy atom.